The highest BCUT2D eigenvalue weighted by Crippen LogP contribution is 2.24. The Hall–Kier alpha value is -2.38. The molecule has 130 valence electrons. The first kappa shape index (κ1) is 17.4. The molecule has 2 heterocycles. The van der Waals surface area contributed by atoms with Crippen molar-refractivity contribution in [2.24, 2.45) is 5.92 Å². The average molecular weight is 338 g/mol. The molecule has 2 atom stereocenters. The maximum Gasteiger partial charge on any atom is 0.141 e. The molecule has 3 nitrogen and oxygen atoms in total. The van der Waals surface area contributed by atoms with Crippen LogP contribution in [0.25, 0.3) is 0 Å². The Morgan fingerprint density at radius 2 is 2.00 bits per heavy atom. The molecule has 25 heavy (non-hydrogen) atoms. The summed E-state index contributed by atoms with van der Waals surface area (Å²) in [6.45, 7) is 4.13. The minimum atomic E-state index is -0.331. The smallest absolute Gasteiger partial charge is 0.141 e. The number of halogens is 1. The zero-order chi connectivity index (χ0) is 17.6. The Labute approximate surface area is 148 Å². The van der Waals surface area contributed by atoms with E-state index in [9.17, 15) is 4.39 Å². The lowest BCUT2D eigenvalue weighted by molar-refractivity contribution is 0.130. The molecule has 1 saturated heterocycles. The Kier molecular flexibility index (Phi) is 5.67. The molecule has 2 aromatic rings. The molecule has 1 aromatic heterocycles. The SMILES string of the molecule is COc1ccc(CN2C[C@H](C#Cc3ccc(F)cn3)CC[C@H]2C)cc1. The molecule has 0 saturated carbocycles. The largest absolute Gasteiger partial charge is 0.497 e. The fraction of sp³-hybridized carbons (Fsp3) is 0.381. The fourth-order valence-corrected chi connectivity index (χ4v) is 3.11. The highest BCUT2D eigenvalue weighted by Gasteiger charge is 2.24. The standard InChI is InChI=1S/C21H23FN2O/c1-16-3-4-17(5-9-20-10-8-19(22)13-23-20)14-24(16)15-18-6-11-21(25-2)12-7-18/h6-8,10-13,16-17H,3-4,14-15H2,1-2H3/t16-,17+/m1/s1. The van der Waals surface area contributed by atoms with Crippen LogP contribution in [-0.4, -0.2) is 29.6 Å². The first-order valence-electron chi connectivity index (χ1n) is 8.64. The van der Waals surface area contributed by atoms with Crippen molar-refractivity contribution in [1.82, 2.24) is 9.88 Å². The van der Waals surface area contributed by atoms with Crippen LogP contribution in [0.15, 0.2) is 42.6 Å². The van der Waals surface area contributed by atoms with Gasteiger partial charge in [0.15, 0.2) is 0 Å². The van der Waals surface area contributed by atoms with Crippen molar-refractivity contribution < 1.29 is 9.13 Å². The molecule has 0 spiro atoms. The summed E-state index contributed by atoms with van der Waals surface area (Å²) in [7, 11) is 1.68. The lowest BCUT2D eigenvalue weighted by Gasteiger charge is -2.36. The third-order valence-electron chi connectivity index (χ3n) is 4.69. The van der Waals surface area contributed by atoms with E-state index in [1.807, 2.05) is 12.1 Å². The summed E-state index contributed by atoms with van der Waals surface area (Å²) in [5.74, 6) is 7.27. The predicted octanol–water partition coefficient (Wildman–Crippen LogP) is 3.88. The van der Waals surface area contributed by atoms with Gasteiger partial charge in [-0.1, -0.05) is 18.1 Å². The van der Waals surface area contributed by atoms with Gasteiger partial charge >= 0.3 is 0 Å². The molecule has 0 amide bonds. The summed E-state index contributed by atoms with van der Waals surface area (Å²) in [5, 5.41) is 0. The third kappa shape index (κ3) is 4.80. The molecule has 0 aliphatic carbocycles. The van der Waals surface area contributed by atoms with Crippen LogP contribution in [0.3, 0.4) is 0 Å². The zero-order valence-electron chi connectivity index (χ0n) is 14.7. The summed E-state index contributed by atoms with van der Waals surface area (Å²) < 4.78 is 18.1. The highest BCUT2D eigenvalue weighted by molar-refractivity contribution is 5.29. The molecule has 1 aliphatic heterocycles. The van der Waals surface area contributed by atoms with Gasteiger partial charge in [-0.15, -0.1) is 0 Å². The second kappa shape index (κ2) is 8.13. The van der Waals surface area contributed by atoms with E-state index in [1.54, 1.807) is 13.2 Å². The summed E-state index contributed by atoms with van der Waals surface area (Å²) in [5.41, 5.74) is 1.91. The number of aromatic nitrogens is 1. The quantitative estimate of drug-likeness (QED) is 0.794. The van der Waals surface area contributed by atoms with Crippen molar-refractivity contribution >= 4 is 0 Å². The number of ether oxygens (including phenoxy) is 1. The normalized spacial score (nSPS) is 20.6. The number of methoxy groups -OCH3 is 1. The van der Waals surface area contributed by atoms with Gasteiger partial charge in [0, 0.05) is 25.0 Å². The van der Waals surface area contributed by atoms with Gasteiger partial charge in [-0.3, -0.25) is 4.90 Å². The van der Waals surface area contributed by atoms with Gasteiger partial charge in [-0.05, 0) is 55.5 Å². The van der Waals surface area contributed by atoms with Gasteiger partial charge in [0.05, 0.1) is 13.3 Å². The van der Waals surface area contributed by atoms with E-state index in [1.165, 1.54) is 17.8 Å². The van der Waals surface area contributed by atoms with Crippen molar-refractivity contribution in [2.75, 3.05) is 13.7 Å². The van der Waals surface area contributed by atoms with Crippen LogP contribution in [0, 0.1) is 23.6 Å². The van der Waals surface area contributed by atoms with Gasteiger partial charge in [0.1, 0.15) is 17.3 Å². The summed E-state index contributed by atoms with van der Waals surface area (Å²) in [6, 6.07) is 11.8. The third-order valence-corrected chi connectivity index (χ3v) is 4.69. The topological polar surface area (TPSA) is 25.4 Å². The molecule has 1 aromatic carbocycles. The first-order valence-corrected chi connectivity index (χ1v) is 8.64. The number of nitrogens with zero attached hydrogens (tertiary/aromatic N) is 2. The van der Waals surface area contributed by atoms with Crippen molar-refractivity contribution in [3.63, 3.8) is 0 Å². The van der Waals surface area contributed by atoms with Crippen LogP contribution < -0.4 is 4.74 Å². The Balaban J connectivity index is 1.63. The van der Waals surface area contributed by atoms with Gasteiger partial charge < -0.3 is 4.74 Å². The Bertz CT molecular complexity index is 746. The lowest BCUT2D eigenvalue weighted by Crippen LogP contribution is -2.40. The molecule has 1 aliphatic rings. The molecule has 0 N–H and O–H groups in total. The first-order chi connectivity index (χ1) is 12.1. The van der Waals surface area contributed by atoms with Gasteiger partial charge in [0.25, 0.3) is 0 Å². The lowest BCUT2D eigenvalue weighted by atomic mass is 9.93. The molecule has 0 unspecified atom stereocenters. The van der Waals surface area contributed by atoms with E-state index in [2.05, 4.69) is 40.8 Å². The van der Waals surface area contributed by atoms with Crippen LogP contribution in [0.2, 0.25) is 0 Å². The zero-order valence-corrected chi connectivity index (χ0v) is 14.7. The van der Waals surface area contributed by atoms with E-state index in [0.29, 0.717) is 17.7 Å². The molecular formula is C21H23FN2O. The summed E-state index contributed by atoms with van der Waals surface area (Å²) in [6.07, 6.45) is 3.43. The average Bonchev–Trinajstić information content (AvgIpc) is 2.64. The van der Waals surface area contributed by atoms with Crippen molar-refractivity contribution in [2.45, 2.75) is 32.4 Å². The number of rotatable bonds is 3. The van der Waals surface area contributed by atoms with E-state index in [0.717, 1.165) is 31.7 Å². The maximum atomic E-state index is 12.9. The maximum absolute atomic E-state index is 12.9. The van der Waals surface area contributed by atoms with Crippen LogP contribution in [0.4, 0.5) is 4.39 Å². The number of hydrogen-bond donors (Lipinski definition) is 0. The molecule has 0 bridgehead atoms. The van der Waals surface area contributed by atoms with Crippen LogP contribution in [0.5, 0.6) is 5.75 Å². The predicted molar refractivity (Wildman–Crippen MR) is 96.7 cm³/mol. The Morgan fingerprint density at radius 1 is 1.20 bits per heavy atom. The van der Waals surface area contributed by atoms with Crippen LogP contribution in [-0.2, 0) is 6.54 Å². The van der Waals surface area contributed by atoms with Gasteiger partial charge in [-0.25, -0.2) is 9.37 Å². The second-order valence-corrected chi connectivity index (χ2v) is 6.53. The van der Waals surface area contributed by atoms with E-state index in [-0.39, 0.29) is 5.82 Å². The fourth-order valence-electron chi connectivity index (χ4n) is 3.11. The minimum absolute atomic E-state index is 0.321. The van der Waals surface area contributed by atoms with Crippen molar-refractivity contribution in [3.8, 4) is 17.6 Å². The van der Waals surface area contributed by atoms with Crippen LogP contribution >= 0.6 is 0 Å². The summed E-state index contributed by atoms with van der Waals surface area (Å²) >= 11 is 0. The van der Waals surface area contributed by atoms with Gasteiger partial charge in [-0.2, -0.15) is 0 Å². The number of benzene rings is 1. The van der Waals surface area contributed by atoms with Crippen LogP contribution in [0.1, 0.15) is 31.0 Å². The molecular weight excluding hydrogens is 315 g/mol. The highest BCUT2D eigenvalue weighted by atomic mass is 19.1. The minimum Gasteiger partial charge on any atom is -0.497 e. The second-order valence-electron chi connectivity index (χ2n) is 6.53. The molecule has 3 rings (SSSR count). The molecule has 0 radical (unpaired) electrons. The van der Waals surface area contributed by atoms with Crippen molar-refractivity contribution in [1.29, 1.82) is 0 Å². The van der Waals surface area contributed by atoms with Gasteiger partial charge in [0.2, 0.25) is 0 Å². The summed E-state index contributed by atoms with van der Waals surface area (Å²) in [4.78, 5) is 6.48. The number of likely N-dealkylation sites (tertiary alicyclic amines) is 1. The number of hydrogen-bond acceptors (Lipinski definition) is 3. The van der Waals surface area contributed by atoms with E-state index < -0.39 is 0 Å². The van der Waals surface area contributed by atoms with E-state index >= 15 is 0 Å². The molecule has 4 heteroatoms. The molecule has 1 fully saturated rings. The van der Waals surface area contributed by atoms with Crippen molar-refractivity contribution in [3.05, 3.63) is 59.7 Å². The Morgan fingerprint density at radius 3 is 2.68 bits per heavy atom. The number of pyridine rings is 1. The monoisotopic (exact) mass is 338 g/mol. The number of piperidine rings is 1. The van der Waals surface area contributed by atoms with E-state index in [4.69, 9.17) is 4.74 Å².